The summed E-state index contributed by atoms with van der Waals surface area (Å²) in [5, 5.41) is 19.5. The number of anilines is 1. The maximum Gasteiger partial charge on any atom is 0.292 e. The van der Waals surface area contributed by atoms with Gasteiger partial charge in [-0.2, -0.15) is 5.26 Å². The van der Waals surface area contributed by atoms with Crippen LogP contribution in [0.2, 0.25) is 0 Å². The largest absolute Gasteiger partial charge is 0.393 e. The minimum atomic E-state index is -0.492. The Hall–Kier alpha value is -2.13. The first-order chi connectivity index (χ1) is 8.97. The van der Waals surface area contributed by atoms with E-state index in [-0.39, 0.29) is 17.3 Å². The minimum absolute atomic E-state index is 0.0460. The summed E-state index contributed by atoms with van der Waals surface area (Å²) in [5.41, 5.74) is 6.67. The molecule has 0 saturated heterocycles. The van der Waals surface area contributed by atoms with Gasteiger partial charge in [0.05, 0.1) is 16.9 Å². The zero-order valence-corrected chi connectivity index (χ0v) is 11.2. The summed E-state index contributed by atoms with van der Waals surface area (Å²) in [7, 11) is 0. The Labute approximate surface area is 112 Å². The topological polar surface area (TPSA) is 96.2 Å². The van der Waals surface area contributed by atoms with E-state index in [1.807, 2.05) is 13.8 Å². The van der Waals surface area contributed by atoms with E-state index in [2.05, 4.69) is 11.0 Å². The number of rotatable bonds is 6. The van der Waals surface area contributed by atoms with Crippen LogP contribution in [0.5, 0.6) is 0 Å². The van der Waals surface area contributed by atoms with Crippen LogP contribution in [-0.4, -0.2) is 22.9 Å². The fraction of sp³-hybridized carbons (Fsp3) is 0.462. The van der Waals surface area contributed by atoms with Gasteiger partial charge in [-0.05, 0) is 25.1 Å². The van der Waals surface area contributed by atoms with Crippen molar-refractivity contribution in [3.8, 4) is 6.07 Å². The monoisotopic (exact) mass is 262 g/mol. The third kappa shape index (κ3) is 4.23. The molecule has 6 nitrogen and oxygen atoms in total. The first kappa shape index (κ1) is 14.9. The van der Waals surface area contributed by atoms with Gasteiger partial charge in [0.15, 0.2) is 0 Å². The maximum absolute atomic E-state index is 10.7. The molecule has 0 aliphatic carbocycles. The van der Waals surface area contributed by atoms with Crippen LogP contribution in [0.4, 0.5) is 11.4 Å². The van der Waals surface area contributed by atoms with Crippen LogP contribution >= 0.6 is 0 Å². The van der Waals surface area contributed by atoms with E-state index >= 15 is 0 Å². The van der Waals surface area contributed by atoms with Gasteiger partial charge in [0.2, 0.25) is 0 Å². The number of nitriles is 1. The van der Waals surface area contributed by atoms with Crippen LogP contribution in [0.1, 0.15) is 19.4 Å². The molecular formula is C13H18N4O2. The molecule has 1 atom stereocenters. The van der Waals surface area contributed by atoms with E-state index in [4.69, 9.17) is 11.0 Å². The lowest BCUT2D eigenvalue weighted by molar-refractivity contribution is -0.383. The van der Waals surface area contributed by atoms with Crippen molar-refractivity contribution in [3.05, 3.63) is 33.9 Å². The van der Waals surface area contributed by atoms with Gasteiger partial charge in [0.25, 0.3) is 5.69 Å². The first-order valence-electron chi connectivity index (χ1n) is 6.12. The number of nitrogens with zero attached hydrogens (tertiary/aromatic N) is 3. The third-order valence-corrected chi connectivity index (χ3v) is 2.89. The fourth-order valence-electron chi connectivity index (χ4n) is 1.86. The van der Waals surface area contributed by atoms with Crippen molar-refractivity contribution in [1.29, 1.82) is 5.26 Å². The van der Waals surface area contributed by atoms with E-state index in [0.717, 1.165) is 12.1 Å². The zero-order valence-electron chi connectivity index (χ0n) is 11.2. The molecule has 0 fully saturated rings. The molecule has 1 rings (SSSR count). The number of hydrogen-bond donors (Lipinski definition) is 1. The first-order valence-corrected chi connectivity index (χ1v) is 6.12. The number of nitrogen functional groups attached to an aromatic ring is 1. The van der Waals surface area contributed by atoms with Gasteiger partial charge in [-0.3, -0.25) is 15.0 Å². The smallest absolute Gasteiger partial charge is 0.292 e. The van der Waals surface area contributed by atoms with Crippen molar-refractivity contribution in [2.75, 3.05) is 18.8 Å². The standard InChI is InChI=1S/C13H18N4O2/c1-3-16(8-10(2)7-14)9-11-4-5-13(17(18)19)12(15)6-11/h4-6,10H,3,8-9,15H2,1-2H3. The Bertz CT molecular complexity index is 496. The Morgan fingerprint density at radius 1 is 1.58 bits per heavy atom. The molecule has 0 amide bonds. The van der Waals surface area contributed by atoms with Gasteiger partial charge >= 0.3 is 0 Å². The van der Waals surface area contributed by atoms with Crippen LogP contribution in [0.25, 0.3) is 0 Å². The van der Waals surface area contributed by atoms with Crippen molar-refractivity contribution in [2.45, 2.75) is 20.4 Å². The molecule has 0 aliphatic rings. The summed E-state index contributed by atoms with van der Waals surface area (Å²) in [4.78, 5) is 12.3. The quantitative estimate of drug-likeness (QED) is 0.481. The molecule has 2 N–H and O–H groups in total. The SMILES string of the molecule is CCN(Cc1ccc([N+](=O)[O-])c(N)c1)CC(C)C#N. The second kappa shape index (κ2) is 6.71. The fourth-order valence-corrected chi connectivity index (χ4v) is 1.86. The lowest BCUT2D eigenvalue weighted by Crippen LogP contribution is -2.27. The number of nitrogens with two attached hydrogens (primary N) is 1. The van der Waals surface area contributed by atoms with Gasteiger partial charge < -0.3 is 5.73 Å². The van der Waals surface area contributed by atoms with Gasteiger partial charge in [-0.25, -0.2) is 0 Å². The molecule has 0 aliphatic heterocycles. The molecular weight excluding hydrogens is 244 g/mol. The van der Waals surface area contributed by atoms with E-state index < -0.39 is 4.92 Å². The summed E-state index contributed by atoms with van der Waals surface area (Å²) in [6, 6.07) is 6.94. The number of nitro groups is 1. The van der Waals surface area contributed by atoms with Gasteiger partial charge in [0, 0.05) is 19.2 Å². The van der Waals surface area contributed by atoms with Crippen LogP contribution in [0.15, 0.2) is 18.2 Å². The zero-order chi connectivity index (χ0) is 14.4. The molecule has 0 bridgehead atoms. The molecule has 0 saturated carbocycles. The maximum atomic E-state index is 10.7. The highest BCUT2D eigenvalue weighted by Gasteiger charge is 2.13. The second-order valence-electron chi connectivity index (χ2n) is 4.51. The molecule has 1 aromatic carbocycles. The van der Waals surface area contributed by atoms with E-state index in [1.54, 1.807) is 12.1 Å². The van der Waals surface area contributed by atoms with E-state index in [1.165, 1.54) is 6.07 Å². The van der Waals surface area contributed by atoms with E-state index in [0.29, 0.717) is 13.1 Å². The Balaban J connectivity index is 2.79. The van der Waals surface area contributed by atoms with Crippen LogP contribution in [0, 0.1) is 27.4 Å². The molecule has 1 unspecified atom stereocenters. The highest BCUT2D eigenvalue weighted by Crippen LogP contribution is 2.22. The summed E-state index contributed by atoms with van der Waals surface area (Å²) in [6.45, 7) is 5.99. The van der Waals surface area contributed by atoms with Crippen molar-refractivity contribution < 1.29 is 4.92 Å². The van der Waals surface area contributed by atoms with Gasteiger partial charge in [0.1, 0.15) is 5.69 Å². The molecule has 0 spiro atoms. The minimum Gasteiger partial charge on any atom is -0.393 e. The van der Waals surface area contributed by atoms with Crippen molar-refractivity contribution in [1.82, 2.24) is 4.90 Å². The highest BCUT2D eigenvalue weighted by molar-refractivity contribution is 5.59. The molecule has 1 aromatic rings. The average Bonchev–Trinajstić information content (AvgIpc) is 2.37. The van der Waals surface area contributed by atoms with Crippen LogP contribution < -0.4 is 5.73 Å². The molecule has 0 radical (unpaired) electrons. The average molecular weight is 262 g/mol. The van der Waals surface area contributed by atoms with Gasteiger partial charge in [-0.15, -0.1) is 0 Å². The summed E-state index contributed by atoms with van der Waals surface area (Å²) < 4.78 is 0. The van der Waals surface area contributed by atoms with Gasteiger partial charge in [-0.1, -0.05) is 13.0 Å². The Morgan fingerprint density at radius 2 is 2.26 bits per heavy atom. The third-order valence-electron chi connectivity index (χ3n) is 2.89. The lowest BCUT2D eigenvalue weighted by atomic mass is 10.1. The number of benzene rings is 1. The molecule has 0 heterocycles. The van der Waals surface area contributed by atoms with Crippen molar-refractivity contribution >= 4 is 11.4 Å². The van der Waals surface area contributed by atoms with Crippen LogP contribution in [-0.2, 0) is 6.54 Å². The highest BCUT2D eigenvalue weighted by atomic mass is 16.6. The Kier molecular flexibility index (Phi) is 5.27. The number of nitro benzene ring substituents is 1. The molecule has 6 heteroatoms. The predicted molar refractivity (Wildman–Crippen MR) is 73.2 cm³/mol. The molecule has 0 aromatic heterocycles. The normalized spacial score (nSPS) is 12.1. The van der Waals surface area contributed by atoms with Crippen molar-refractivity contribution in [2.24, 2.45) is 5.92 Å². The summed E-state index contributed by atoms with van der Waals surface area (Å²) in [6.07, 6.45) is 0. The van der Waals surface area contributed by atoms with E-state index in [9.17, 15) is 10.1 Å². The molecule has 19 heavy (non-hydrogen) atoms. The molecule has 102 valence electrons. The van der Waals surface area contributed by atoms with Crippen LogP contribution in [0.3, 0.4) is 0 Å². The number of hydrogen-bond acceptors (Lipinski definition) is 5. The summed E-state index contributed by atoms with van der Waals surface area (Å²) >= 11 is 0. The second-order valence-corrected chi connectivity index (χ2v) is 4.51. The Morgan fingerprint density at radius 3 is 2.74 bits per heavy atom. The lowest BCUT2D eigenvalue weighted by Gasteiger charge is -2.21. The summed E-state index contributed by atoms with van der Waals surface area (Å²) in [5.74, 6) is -0.0460. The van der Waals surface area contributed by atoms with Crippen molar-refractivity contribution in [3.63, 3.8) is 0 Å². The predicted octanol–water partition coefficient (Wildman–Crippen LogP) is 2.16.